The van der Waals surface area contributed by atoms with Crippen LogP contribution in [0, 0.1) is 16.2 Å². The summed E-state index contributed by atoms with van der Waals surface area (Å²) in [7, 11) is -3.58. The molecule has 3 aromatic rings. The Hall–Kier alpha value is -2.36. The number of nitrogens with zero attached hydrogens (tertiary/aromatic N) is 5. The number of hydrogen-bond donors (Lipinski definition) is 0. The van der Waals surface area contributed by atoms with Crippen molar-refractivity contribution in [3.8, 4) is 16.8 Å². The average Bonchev–Trinajstić information content (AvgIpc) is 3.39. The predicted octanol–water partition coefficient (Wildman–Crippen LogP) is 2.77. The van der Waals surface area contributed by atoms with Gasteiger partial charge in [0.1, 0.15) is 0 Å². The second-order valence-corrected chi connectivity index (χ2v) is 9.68. The molecule has 0 N–H and O–H groups in total. The quantitative estimate of drug-likeness (QED) is 0.555. The van der Waals surface area contributed by atoms with Crippen LogP contribution in [-0.4, -0.2) is 53.6 Å². The van der Waals surface area contributed by atoms with Crippen molar-refractivity contribution in [1.29, 1.82) is 5.26 Å². The Balaban J connectivity index is 1.41. The van der Waals surface area contributed by atoms with E-state index in [2.05, 4.69) is 10.00 Å². The smallest absolute Gasteiger partial charge is 0.288 e. The molecule has 3 heterocycles. The molecule has 0 atom stereocenters. The van der Waals surface area contributed by atoms with Gasteiger partial charge < -0.3 is 4.42 Å². The van der Waals surface area contributed by atoms with Gasteiger partial charge in [0.05, 0.1) is 28.1 Å². The number of sulfonamides is 1. The van der Waals surface area contributed by atoms with Crippen LogP contribution >= 0.6 is 23.6 Å². The van der Waals surface area contributed by atoms with E-state index >= 15 is 0 Å². The molecule has 0 unspecified atom stereocenters. The molecule has 0 saturated carbocycles. The minimum absolute atomic E-state index is 0.198. The molecule has 0 radical (unpaired) electrons. The third-order valence-corrected chi connectivity index (χ3v) is 7.69. The molecule has 0 spiro atoms. The van der Waals surface area contributed by atoms with Crippen LogP contribution in [0.4, 0.5) is 0 Å². The fourth-order valence-electron chi connectivity index (χ4n) is 3.05. The summed E-state index contributed by atoms with van der Waals surface area (Å²) in [6, 6.07) is 11.8. The largest absolute Gasteiger partial charge is 0.408 e. The number of aromatic nitrogens is 2. The first-order valence-corrected chi connectivity index (χ1v) is 11.5. The second kappa shape index (κ2) is 8.17. The van der Waals surface area contributed by atoms with Gasteiger partial charge in [-0.25, -0.2) is 13.1 Å². The molecule has 1 fully saturated rings. The van der Waals surface area contributed by atoms with Crippen LogP contribution < -0.4 is 0 Å². The van der Waals surface area contributed by atoms with Crippen molar-refractivity contribution < 1.29 is 12.8 Å². The molecule has 150 valence electrons. The number of thiophene rings is 1. The van der Waals surface area contributed by atoms with Crippen LogP contribution in [0.25, 0.3) is 10.8 Å². The summed E-state index contributed by atoms with van der Waals surface area (Å²) in [6.07, 6.45) is 0. The van der Waals surface area contributed by atoms with Gasteiger partial charge in [0, 0.05) is 26.2 Å². The minimum Gasteiger partial charge on any atom is -0.408 e. The van der Waals surface area contributed by atoms with Gasteiger partial charge in [0.25, 0.3) is 10.7 Å². The van der Waals surface area contributed by atoms with Gasteiger partial charge >= 0.3 is 0 Å². The molecule has 11 heteroatoms. The first-order chi connectivity index (χ1) is 14.0. The average molecular weight is 448 g/mol. The van der Waals surface area contributed by atoms with Crippen molar-refractivity contribution in [2.24, 2.45) is 0 Å². The topological polar surface area (TPSA) is 95.4 Å². The lowest BCUT2D eigenvalue weighted by Gasteiger charge is -2.33. The van der Waals surface area contributed by atoms with Crippen LogP contribution in [-0.2, 0) is 16.7 Å². The highest BCUT2D eigenvalue weighted by Gasteiger charge is 2.28. The van der Waals surface area contributed by atoms with E-state index in [4.69, 9.17) is 21.9 Å². The molecule has 1 aromatic carbocycles. The van der Waals surface area contributed by atoms with Crippen LogP contribution in [0.2, 0.25) is 0 Å². The zero-order valence-corrected chi connectivity index (χ0v) is 17.7. The van der Waals surface area contributed by atoms with Gasteiger partial charge in [0.15, 0.2) is 0 Å². The number of hydrogen-bond acceptors (Lipinski definition) is 8. The highest BCUT2D eigenvalue weighted by atomic mass is 32.2. The van der Waals surface area contributed by atoms with E-state index in [1.54, 1.807) is 4.68 Å². The number of rotatable bonds is 5. The van der Waals surface area contributed by atoms with Crippen LogP contribution in [0.15, 0.2) is 51.1 Å². The van der Waals surface area contributed by atoms with Crippen molar-refractivity contribution >= 4 is 33.6 Å². The summed E-state index contributed by atoms with van der Waals surface area (Å²) >= 11 is 6.79. The van der Waals surface area contributed by atoms with E-state index in [9.17, 15) is 8.42 Å². The highest BCUT2D eigenvalue weighted by Crippen LogP contribution is 2.23. The molecule has 4 rings (SSSR count). The van der Waals surface area contributed by atoms with Crippen LogP contribution in [0.5, 0.6) is 0 Å². The van der Waals surface area contributed by atoms with Gasteiger partial charge in [0.2, 0.25) is 10.0 Å². The van der Waals surface area contributed by atoms with Gasteiger partial charge in [-0.3, -0.25) is 4.90 Å². The number of piperazine rings is 1. The molecular formula is C18H17N5O3S3. The van der Waals surface area contributed by atoms with Crippen molar-refractivity contribution in [3.05, 3.63) is 52.2 Å². The Labute approximate surface area is 177 Å². The maximum absolute atomic E-state index is 12.8. The summed E-state index contributed by atoms with van der Waals surface area (Å²) in [5.41, 5.74) is 0.431. The molecule has 2 aromatic heterocycles. The lowest BCUT2D eigenvalue weighted by atomic mass is 10.2. The first kappa shape index (κ1) is 19.9. The van der Waals surface area contributed by atoms with Gasteiger partial charge in [-0.05, 0) is 47.9 Å². The maximum Gasteiger partial charge on any atom is 0.288 e. The fourth-order valence-corrected chi connectivity index (χ4v) is 5.29. The van der Waals surface area contributed by atoms with E-state index in [1.807, 2.05) is 23.6 Å². The molecule has 1 aliphatic rings. The molecular weight excluding hydrogens is 430 g/mol. The lowest BCUT2D eigenvalue weighted by Crippen LogP contribution is -2.48. The third-order valence-electron chi connectivity index (χ3n) is 4.62. The van der Waals surface area contributed by atoms with E-state index in [0.717, 1.165) is 4.88 Å². The molecule has 0 bridgehead atoms. The molecule has 1 saturated heterocycles. The molecule has 0 aliphatic carbocycles. The zero-order chi connectivity index (χ0) is 20.4. The van der Waals surface area contributed by atoms with Crippen molar-refractivity contribution in [2.45, 2.75) is 11.6 Å². The molecule has 0 amide bonds. The lowest BCUT2D eigenvalue weighted by molar-refractivity contribution is 0.143. The van der Waals surface area contributed by atoms with E-state index < -0.39 is 10.0 Å². The van der Waals surface area contributed by atoms with E-state index in [0.29, 0.717) is 49.1 Å². The first-order valence-electron chi connectivity index (χ1n) is 8.82. The second-order valence-electron chi connectivity index (χ2n) is 6.45. The Bertz CT molecular complexity index is 1180. The summed E-state index contributed by atoms with van der Waals surface area (Å²) in [5.74, 6) is 0.493. The van der Waals surface area contributed by atoms with Gasteiger partial charge in [-0.15, -0.1) is 16.4 Å². The number of nitriles is 1. The van der Waals surface area contributed by atoms with Crippen molar-refractivity contribution in [1.82, 2.24) is 19.0 Å². The zero-order valence-electron chi connectivity index (χ0n) is 15.3. The minimum atomic E-state index is -3.58. The summed E-state index contributed by atoms with van der Waals surface area (Å²) in [5, 5.41) is 15.2. The highest BCUT2D eigenvalue weighted by molar-refractivity contribution is 7.89. The standard InChI is InChI=1S/C18H17N5O3S3/c19-12-14-3-5-15(6-4-14)29(24,25)22-9-7-21(8-10-22)13-23-18(27)26-17(20-23)16-2-1-11-28-16/h1-6,11H,7-10,13H2. The third kappa shape index (κ3) is 4.17. The molecule has 8 nitrogen and oxygen atoms in total. The Morgan fingerprint density at radius 2 is 1.90 bits per heavy atom. The normalized spacial score (nSPS) is 16.0. The van der Waals surface area contributed by atoms with Crippen LogP contribution in [0.1, 0.15) is 5.56 Å². The van der Waals surface area contributed by atoms with Gasteiger partial charge in [-0.2, -0.15) is 9.57 Å². The van der Waals surface area contributed by atoms with Crippen molar-refractivity contribution in [3.63, 3.8) is 0 Å². The maximum atomic E-state index is 12.8. The Morgan fingerprint density at radius 1 is 1.17 bits per heavy atom. The number of benzene rings is 1. The van der Waals surface area contributed by atoms with Gasteiger partial charge in [-0.1, -0.05) is 6.07 Å². The Kier molecular flexibility index (Phi) is 5.62. The summed E-state index contributed by atoms with van der Waals surface area (Å²) in [6.45, 7) is 2.28. The summed E-state index contributed by atoms with van der Waals surface area (Å²) < 4.78 is 34.3. The fraction of sp³-hybridized carbons (Fsp3) is 0.278. The van der Waals surface area contributed by atoms with E-state index in [1.165, 1.54) is 39.9 Å². The van der Waals surface area contributed by atoms with Crippen LogP contribution in [0.3, 0.4) is 0 Å². The SMILES string of the molecule is N#Cc1ccc(S(=O)(=O)N2CCN(Cn3nc(-c4cccs4)oc3=S)CC2)cc1. The Morgan fingerprint density at radius 3 is 2.52 bits per heavy atom. The van der Waals surface area contributed by atoms with E-state index in [-0.39, 0.29) is 4.90 Å². The summed E-state index contributed by atoms with van der Waals surface area (Å²) in [4.78, 5) is 3.49. The monoisotopic (exact) mass is 447 g/mol. The molecule has 29 heavy (non-hydrogen) atoms. The molecule has 1 aliphatic heterocycles. The van der Waals surface area contributed by atoms with Crippen molar-refractivity contribution in [2.75, 3.05) is 26.2 Å². The predicted molar refractivity (Wildman–Crippen MR) is 110 cm³/mol.